The number of pyridine rings is 2. The van der Waals surface area contributed by atoms with Crippen LogP contribution in [0.2, 0.25) is 0 Å². The van der Waals surface area contributed by atoms with Gasteiger partial charge < -0.3 is 4.57 Å². The molecule has 0 aliphatic heterocycles. The maximum Gasteiger partial charge on any atom is 0.267 e. The zero-order chi connectivity index (χ0) is 22.9. The Morgan fingerprint density at radius 1 is 1.00 bits per heavy atom. The first-order valence-corrected chi connectivity index (χ1v) is 12.2. The minimum Gasteiger partial charge on any atom is -0.310 e. The molecule has 4 rings (SSSR count). The number of benzene rings is 1. The third kappa shape index (κ3) is 3.75. The summed E-state index contributed by atoms with van der Waals surface area (Å²) in [6.45, 7) is 4.40. The Kier molecular flexibility index (Phi) is 5.97. The Balaban J connectivity index is 2.05. The summed E-state index contributed by atoms with van der Waals surface area (Å²) < 4.78 is 29.8. The zero-order valence-electron chi connectivity index (χ0n) is 18.2. The Labute approximate surface area is 186 Å². The Bertz CT molecular complexity index is 1520. The molecule has 7 nitrogen and oxygen atoms in total. The van der Waals surface area contributed by atoms with Crippen LogP contribution in [-0.4, -0.2) is 22.4 Å². The standard InChI is InChI=1S/C24H26N4O3S/c1-3-4-5-9-14-27-21(25)20(32(30,31)18-12-7-6-8-13-18)16-19-23(27)26-22-17(2)11-10-15-28(22)24(19)29/h6-8,10-13,15-16,25H,3-5,9,14H2,1-2H3. The fraction of sp³-hybridized carbons (Fsp3) is 0.292. The molecule has 3 aromatic heterocycles. The molecule has 166 valence electrons. The summed E-state index contributed by atoms with van der Waals surface area (Å²) in [6.07, 6.45) is 5.45. The van der Waals surface area contributed by atoms with Crippen molar-refractivity contribution in [3.8, 4) is 0 Å². The first kappa shape index (κ1) is 22.0. The molecule has 0 saturated heterocycles. The molecule has 0 unspecified atom stereocenters. The summed E-state index contributed by atoms with van der Waals surface area (Å²) in [6, 6.07) is 13.0. The third-order valence-corrected chi connectivity index (χ3v) is 7.46. The van der Waals surface area contributed by atoms with Gasteiger partial charge in [-0.3, -0.25) is 14.6 Å². The van der Waals surface area contributed by atoms with Gasteiger partial charge in [-0.15, -0.1) is 0 Å². The lowest BCUT2D eigenvalue weighted by molar-refractivity contribution is 0.559. The second kappa shape index (κ2) is 8.70. The van der Waals surface area contributed by atoms with Crippen LogP contribution in [-0.2, 0) is 16.4 Å². The number of rotatable bonds is 7. The van der Waals surface area contributed by atoms with Crippen LogP contribution in [0.4, 0.5) is 0 Å². The number of aromatic nitrogens is 3. The SMILES string of the molecule is CCCCCCn1c(=N)c(S(=O)(=O)c2ccccc2)cc2c(=O)n3cccc(C)c3nc21. The number of fused-ring (bicyclic) bond motifs is 2. The van der Waals surface area contributed by atoms with E-state index in [4.69, 9.17) is 10.4 Å². The van der Waals surface area contributed by atoms with Crippen molar-refractivity contribution in [1.29, 1.82) is 5.41 Å². The van der Waals surface area contributed by atoms with Gasteiger partial charge in [0.25, 0.3) is 5.56 Å². The van der Waals surface area contributed by atoms with Crippen LogP contribution >= 0.6 is 0 Å². The van der Waals surface area contributed by atoms with Gasteiger partial charge in [-0.05, 0) is 43.2 Å². The predicted molar refractivity (Wildman–Crippen MR) is 124 cm³/mol. The van der Waals surface area contributed by atoms with Crippen LogP contribution in [0, 0.1) is 12.3 Å². The van der Waals surface area contributed by atoms with Crippen molar-refractivity contribution < 1.29 is 8.42 Å². The van der Waals surface area contributed by atoms with Gasteiger partial charge in [0, 0.05) is 12.7 Å². The summed E-state index contributed by atoms with van der Waals surface area (Å²) in [5, 5.41) is 8.97. The normalized spacial score (nSPS) is 11.9. The summed E-state index contributed by atoms with van der Waals surface area (Å²) in [4.78, 5) is 18.0. The summed E-state index contributed by atoms with van der Waals surface area (Å²) in [5.74, 6) is 0. The van der Waals surface area contributed by atoms with Crippen molar-refractivity contribution in [2.45, 2.75) is 55.9 Å². The molecular weight excluding hydrogens is 424 g/mol. The quantitative estimate of drug-likeness (QED) is 0.342. The smallest absolute Gasteiger partial charge is 0.267 e. The van der Waals surface area contributed by atoms with E-state index in [1.54, 1.807) is 35.0 Å². The molecule has 8 heteroatoms. The van der Waals surface area contributed by atoms with E-state index in [1.807, 2.05) is 13.0 Å². The highest BCUT2D eigenvalue weighted by molar-refractivity contribution is 7.91. The first-order valence-electron chi connectivity index (χ1n) is 10.8. The largest absolute Gasteiger partial charge is 0.310 e. The second-order valence-electron chi connectivity index (χ2n) is 7.93. The Morgan fingerprint density at radius 2 is 1.75 bits per heavy atom. The minimum atomic E-state index is -3.98. The van der Waals surface area contributed by atoms with Gasteiger partial charge in [-0.1, -0.05) is 50.5 Å². The molecule has 0 saturated carbocycles. The molecule has 0 aliphatic rings. The minimum absolute atomic E-state index is 0.0927. The number of hydrogen-bond donors (Lipinski definition) is 1. The third-order valence-electron chi connectivity index (χ3n) is 5.68. The highest BCUT2D eigenvalue weighted by Crippen LogP contribution is 2.21. The van der Waals surface area contributed by atoms with Crippen LogP contribution in [0.5, 0.6) is 0 Å². The monoisotopic (exact) mass is 450 g/mol. The molecule has 32 heavy (non-hydrogen) atoms. The fourth-order valence-corrected chi connectivity index (χ4v) is 5.32. The van der Waals surface area contributed by atoms with Crippen LogP contribution in [0.1, 0.15) is 38.2 Å². The van der Waals surface area contributed by atoms with E-state index in [2.05, 4.69) is 6.92 Å². The van der Waals surface area contributed by atoms with E-state index in [0.717, 1.165) is 31.2 Å². The molecule has 0 radical (unpaired) electrons. The lowest BCUT2D eigenvalue weighted by atomic mass is 10.2. The van der Waals surface area contributed by atoms with Crippen LogP contribution in [0.3, 0.4) is 0 Å². The van der Waals surface area contributed by atoms with Gasteiger partial charge in [0.05, 0.1) is 10.3 Å². The Morgan fingerprint density at radius 3 is 2.47 bits per heavy atom. The second-order valence-corrected chi connectivity index (χ2v) is 9.84. The van der Waals surface area contributed by atoms with E-state index < -0.39 is 9.84 Å². The average Bonchev–Trinajstić information content (AvgIpc) is 2.79. The summed E-state index contributed by atoms with van der Waals surface area (Å²) in [5.41, 5.74) is 1.18. The molecule has 0 bridgehead atoms. The number of sulfone groups is 1. The molecule has 0 amide bonds. The van der Waals surface area contributed by atoms with E-state index in [9.17, 15) is 13.2 Å². The molecule has 0 spiro atoms. The van der Waals surface area contributed by atoms with Crippen molar-refractivity contribution in [3.05, 3.63) is 76.1 Å². The fourth-order valence-electron chi connectivity index (χ4n) is 3.92. The molecular formula is C24H26N4O3S. The molecule has 0 aliphatic carbocycles. The van der Waals surface area contributed by atoms with Crippen molar-refractivity contribution in [2.75, 3.05) is 0 Å². The lowest BCUT2D eigenvalue weighted by Gasteiger charge is -2.15. The summed E-state index contributed by atoms with van der Waals surface area (Å²) >= 11 is 0. The van der Waals surface area contributed by atoms with Crippen molar-refractivity contribution in [2.24, 2.45) is 0 Å². The molecule has 3 heterocycles. The average molecular weight is 451 g/mol. The number of aryl methyl sites for hydroxylation is 2. The van der Waals surface area contributed by atoms with E-state index in [0.29, 0.717) is 17.8 Å². The van der Waals surface area contributed by atoms with Crippen LogP contribution in [0.15, 0.2) is 69.3 Å². The first-order chi connectivity index (χ1) is 15.4. The molecule has 0 fully saturated rings. The van der Waals surface area contributed by atoms with Gasteiger partial charge in [-0.2, -0.15) is 0 Å². The van der Waals surface area contributed by atoms with Crippen molar-refractivity contribution in [3.63, 3.8) is 0 Å². The van der Waals surface area contributed by atoms with Gasteiger partial charge in [0.2, 0.25) is 9.84 Å². The van der Waals surface area contributed by atoms with Gasteiger partial charge >= 0.3 is 0 Å². The number of nitrogens with one attached hydrogen (secondary N) is 1. The molecule has 1 N–H and O–H groups in total. The van der Waals surface area contributed by atoms with Crippen molar-refractivity contribution >= 4 is 26.5 Å². The van der Waals surface area contributed by atoms with E-state index in [-0.39, 0.29) is 26.2 Å². The van der Waals surface area contributed by atoms with Crippen molar-refractivity contribution in [1.82, 2.24) is 14.0 Å². The molecule has 0 atom stereocenters. The van der Waals surface area contributed by atoms with Gasteiger partial charge in [-0.25, -0.2) is 13.4 Å². The number of hydrogen-bond acceptors (Lipinski definition) is 5. The zero-order valence-corrected chi connectivity index (χ0v) is 19.0. The Hall–Kier alpha value is -3.26. The van der Waals surface area contributed by atoms with Gasteiger partial charge in [0.1, 0.15) is 21.7 Å². The maximum absolute atomic E-state index is 13.4. The van der Waals surface area contributed by atoms with Gasteiger partial charge in [0.15, 0.2) is 0 Å². The molecule has 4 aromatic rings. The summed E-state index contributed by atoms with van der Waals surface area (Å²) in [7, 11) is -3.98. The maximum atomic E-state index is 13.4. The van der Waals surface area contributed by atoms with Crippen LogP contribution < -0.4 is 11.0 Å². The lowest BCUT2D eigenvalue weighted by Crippen LogP contribution is -2.30. The topological polar surface area (TPSA) is 97.3 Å². The van der Waals surface area contributed by atoms with E-state index >= 15 is 0 Å². The van der Waals surface area contributed by atoms with E-state index in [1.165, 1.54) is 22.6 Å². The molecule has 1 aromatic carbocycles. The predicted octanol–water partition coefficient (Wildman–Crippen LogP) is 3.85. The number of unbranched alkanes of at least 4 members (excludes halogenated alkanes) is 3. The highest BCUT2D eigenvalue weighted by atomic mass is 32.2. The number of nitrogens with zero attached hydrogens (tertiary/aromatic N) is 3. The highest BCUT2D eigenvalue weighted by Gasteiger charge is 2.24. The van der Waals surface area contributed by atoms with Crippen LogP contribution in [0.25, 0.3) is 16.7 Å².